The van der Waals surface area contributed by atoms with Gasteiger partial charge in [-0.15, -0.1) is 0 Å². The number of aromatic nitrogens is 5. The van der Waals surface area contributed by atoms with E-state index in [1.165, 1.54) is 20.4 Å². The molecule has 5 aromatic heterocycles. The van der Waals surface area contributed by atoms with Crippen molar-refractivity contribution in [1.82, 2.24) is 28.4 Å². The number of aliphatic hydroxyl groups is 1. The molecule has 0 spiro atoms. The molecule has 1 unspecified atom stereocenters. The van der Waals surface area contributed by atoms with Crippen molar-refractivity contribution in [3.05, 3.63) is 98.8 Å². The van der Waals surface area contributed by atoms with Crippen molar-refractivity contribution in [3.63, 3.8) is 0 Å². The van der Waals surface area contributed by atoms with Crippen LogP contribution in [0, 0.1) is 5.41 Å². The van der Waals surface area contributed by atoms with Crippen molar-refractivity contribution in [3.8, 4) is 16.9 Å². The zero-order chi connectivity index (χ0) is 34.9. The van der Waals surface area contributed by atoms with Gasteiger partial charge in [-0.25, -0.2) is 9.97 Å². The first kappa shape index (κ1) is 35.0. The van der Waals surface area contributed by atoms with E-state index in [0.29, 0.717) is 51.6 Å². The third-order valence-corrected chi connectivity index (χ3v) is 10.6. The number of aryl methyl sites for hydroxylation is 1. The number of hydrogen-bond donors (Lipinski definition) is 2. The Morgan fingerprint density at radius 1 is 1.04 bits per heavy atom. The molecule has 2 aliphatic heterocycles. The quantitative estimate of drug-likeness (QED) is 0.256. The summed E-state index contributed by atoms with van der Waals surface area (Å²) in [5.41, 5.74) is 5.94. The lowest BCUT2D eigenvalue weighted by Gasteiger charge is -2.46. The van der Waals surface area contributed by atoms with Gasteiger partial charge in [0.25, 0.3) is 11.1 Å². The van der Waals surface area contributed by atoms with Gasteiger partial charge in [0, 0.05) is 74.3 Å². The van der Waals surface area contributed by atoms with Crippen LogP contribution in [0.3, 0.4) is 0 Å². The van der Waals surface area contributed by atoms with Crippen LogP contribution in [0.4, 0.5) is 17.2 Å². The largest absolute Gasteiger partial charge is 0.389 e. The summed E-state index contributed by atoms with van der Waals surface area (Å²) in [5, 5.41) is 14.4. The van der Waals surface area contributed by atoms with Gasteiger partial charge in [0.1, 0.15) is 22.8 Å². The van der Waals surface area contributed by atoms with Crippen molar-refractivity contribution in [2.75, 3.05) is 43.1 Å². The number of aliphatic hydroxyl groups excluding tert-OH is 1. The molecule has 7 heterocycles. The average molecular weight is 711 g/mol. The summed E-state index contributed by atoms with van der Waals surface area (Å²) in [6.07, 6.45) is 9.73. The SMILES string of the molecule is CC(O)c1c(-c2cc(Nc3ccc(N4CCN(C5COC5)C[C@@H]4C)cn3)c(=O)n(C)c2)ccnc1-n1ccn2c3c(cc2c1=O)CC(C)(C)C3.S. The second-order valence-electron chi connectivity index (χ2n) is 14.9. The second kappa shape index (κ2) is 13.3. The monoisotopic (exact) mass is 710 g/mol. The first-order valence-electron chi connectivity index (χ1n) is 17.4. The van der Waals surface area contributed by atoms with Crippen molar-refractivity contribution in [1.29, 1.82) is 0 Å². The predicted molar refractivity (Wildman–Crippen MR) is 204 cm³/mol. The van der Waals surface area contributed by atoms with Crippen molar-refractivity contribution < 1.29 is 9.84 Å². The van der Waals surface area contributed by atoms with Gasteiger partial charge in [-0.3, -0.25) is 19.1 Å². The molecule has 0 aromatic carbocycles. The van der Waals surface area contributed by atoms with E-state index in [9.17, 15) is 14.7 Å². The lowest BCUT2D eigenvalue weighted by atomic mass is 9.90. The Hall–Kier alpha value is -4.43. The van der Waals surface area contributed by atoms with E-state index < -0.39 is 6.10 Å². The molecule has 0 saturated carbocycles. The Bertz CT molecular complexity index is 2220. The molecule has 5 aromatic rings. The topological polar surface area (TPSA) is 122 Å². The first-order chi connectivity index (χ1) is 24.0. The molecule has 51 heavy (non-hydrogen) atoms. The highest BCUT2D eigenvalue weighted by Crippen LogP contribution is 2.38. The van der Waals surface area contributed by atoms with E-state index in [4.69, 9.17) is 4.74 Å². The minimum atomic E-state index is -0.955. The molecule has 2 atom stereocenters. The van der Waals surface area contributed by atoms with Crippen LogP contribution >= 0.6 is 13.5 Å². The molecule has 2 saturated heterocycles. The van der Waals surface area contributed by atoms with Gasteiger partial charge in [-0.1, -0.05) is 13.8 Å². The second-order valence-corrected chi connectivity index (χ2v) is 14.9. The molecule has 13 heteroatoms. The van der Waals surface area contributed by atoms with Crippen molar-refractivity contribution >= 4 is 36.2 Å². The van der Waals surface area contributed by atoms with E-state index in [1.807, 2.05) is 35.0 Å². The van der Waals surface area contributed by atoms with Crippen LogP contribution in [0.5, 0.6) is 0 Å². The fraction of sp³-hybridized carbons (Fsp3) is 0.421. The standard InChI is InChI=1S/C38H44N8O4.H2S/c1-23-19-43(28-21-50-22-28)10-11-44(23)27-6-7-33(40-18-27)41-30-14-26(20-42(5)36(30)48)29-8-9-39-35(34(29)24(2)47)46-13-12-45-31(37(46)49)15-25-16-38(3,4)17-32(25)45;/h6-9,12-15,18,20,23-24,28,47H,10-11,16-17,19,21-22H2,1-5H3,(H,40,41);1H2/t23-,24?;/m0./s1. The number of nitrogens with zero attached hydrogens (tertiary/aromatic N) is 7. The maximum absolute atomic E-state index is 13.9. The summed E-state index contributed by atoms with van der Waals surface area (Å²) in [4.78, 5) is 41.4. The van der Waals surface area contributed by atoms with E-state index in [-0.39, 0.29) is 30.0 Å². The fourth-order valence-corrected chi connectivity index (χ4v) is 8.00. The number of anilines is 3. The Labute approximate surface area is 303 Å². The lowest BCUT2D eigenvalue weighted by Crippen LogP contribution is -2.59. The summed E-state index contributed by atoms with van der Waals surface area (Å²) in [5.74, 6) is 0.901. The van der Waals surface area contributed by atoms with Gasteiger partial charge >= 0.3 is 0 Å². The number of rotatable bonds is 7. The van der Waals surface area contributed by atoms with Crippen LogP contribution in [0.25, 0.3) is 22.5 Å². The van der Waals surface area contributed by atoms with Gasteiger partial charge in [-0.2, -0.15) is 13.5 Å². The Kier molecular flexibility index (Phi) is 9.11. The molecule has 12 nitrogen and oxygen atoms in total. The summed E-state index contributed by atoms with van der Waals surface area (Å²) in [6, 6.07) is 10.4. The first-order valence-corrected chi connectivity index (χ1v) is 17.4. The molecular weight excluding hydrogens is 665 g/mol. The van der Waals surface area contributed by atoms with E-state index >= 15 is 0 Å². The van der Waals surface area contributed by atoms with E-state index in [0.717, 1.165) is 51.4 Å². The lowest BCUT2D eigenvalue weighted by molar-refractivity contribution is -0.0691. The van der Waals surface area contributed by atoms with Crippen LogP contribution < -0.4 is 21.3 Å². The number of fused-ring (bicyclic) bond motifs is 3. The molecule has 0 radical (unpaired) electrons. The third-order valence-electron chi connectivity index (χ3n) is 10.6. The summed E-state index contributed by atoms with van der Waals surface area (Å²) >= 11 is 0. The molecular formula is C38H46N8O4S. The molecule has 1 aliphatic carbocycles. The zero-order valence-corrected chi connectivity index (χ0v) is 30.8. The highest BCUT2D eigenvalue weighted by Gasteiger charge is 2.33. The maximum atomic E-state index is 13.9. The summed E-state index contributed by atoms with van der Waals surface area (Å²) in [6.45, 7) is 12.9. The van der Waals surface area contributed by atoms with Gasteiger partial charge in [0.15, 0.2) is 0 Å². The molecule has 2 N–H and O–H groups in total. The number of pyridine rings is 3. The Morgan fingerprint density at radius 2 is 1.84 bits per heavy atom. The molecule has 0 bridgehead atoms. The number of hydrogen-bond acceptors (Lipinski definition) is 9. The Morgan fingerprint density at radius 3 is 2.53 bits per heavy atom. The average Bonchev–Trinajstić information content (AvgIpc) is 3.55. The van der Waals surface area contributed by atoms with Crippen LogP contribution in [0.2, 0.25) is 0 Å². The van der Waals surface area contributed by atoms with Gasteiger partial charge in [-0.05, 0) is 73.6 Å². The normalized spacial score (nSPS) is 19.4. The van der Waals surface area contributed by atoms with Gasteiger partial charge < -0.3 is 29.0 Å². The number of nitrogens with one attached hydrogen (secondary N) is 1. The number of piperazine rings is 1. The van der Waals surface area contributed by atoms with E-state index in [1.54, 1.807) is 44.7 Å². The van der Waals surface area contributed by atoms with Crippen LogP contribution in [0.1, 0.15) is 50.6 Å². The highest BCUT2D eigenvalue weighted by molar-refractivity contribution is 7.59. The number of ether oxygens (including phenoxy) is 1. The van der Waals surface area contributed by atoms with Crippen LogP contribution in [0.15, 0.2) is 70.9 Å². The zero-order valence-electron chi connectivity index (χ0n) is 29.8. The van der Waals surface area contributed by atoms with Gasteiger partial charge in [0.2, 0.25) is 0 Å². The molecule has 8 rings (SSSR count). The van der Waals surface area contributed by atoms with Crippen molar-refractivity contribution in [2.24, 2.45) is 12.5 Å². The van der Waals surface area contributed by atoms with Crippen LogP contribution in [-0.2, 0) is 24.6 Å². The minimum absolute atomic E-state index is 0. The third kappa shape index (κ3) is 6.26. The van der Waals surface area contributed by atoms with Gasteiger partial charge in [0.05, 0.1) is 37.2 Å². The Balaban J connectivity index is 0.00000406. The van der Waals surface area contributed by atoms with E-state index in [2.05, 4.69) is 45.9 Å². The smallest absolute Gasteiger partial charge is 0.280 e. The molecule has 2 fully saturated rings. The maximum Gasteiger partial charge on any atom is 0.280 e. The molecule has 0 amide bonds. The summed E-state index contributed by atoms with van der Waals surface area (Å²) in [7, 11) is 1.69. The van der Waals surface area contributed by atoms with Crippen LogP contribution in [-0.4, -0.2) is 78.4 Å². The van der Waals surface area contributed by atoms with Crippen molar-refractivity contribution in [2.45, 2.75) is 58.7 Å². The minimum Gasteiger partial charge on any atom is -0.389 e. The molecule has 3 aliphatic rings. The summed E-state index contributed by atoms with van der Waals surface area (Å²) < 4.78 is 10.4. The fourth-order valence-electron chi connectivity index (χ4n) is 8.00. The highest BCUT2D eigenvalue weighted by atomic mass is 32.1. The predicted octanol–water partition coefficient (Wildman–Crippen LogP) is 4.19. The molecule has 268 valence electrons.